The van der Waals surface area contributed by atoms with E-state index < -0.39 is 0 Å². The van der Waals surface area contributed by atoms with Crippen molar-refractivity contribution in [3.63, 3.8) is 0 Å². The monoisotopic (exact) mass is 242 g/mol. The summed E-state index contributed by atoms with van der Waals surface area (Å²) in [6.07, 6.45) is 3.35. The number of rotatable bonds is 1. The molecule has 0 aliphatic rings. The Hall–Kier alpha value is 0.250. The maximum atomic E-state index is 8.39. The van der Waals surface area contributed by atoms with Crippen molar-refractivity contribution in [2.24, 2.45) is 0 Å². The molecule has 0 bridgehead atoms. The molecule has 1 heterocycles. The first-order valence-corrected chi connectivity index (χ1v) is 3.58. The zero-order valence-corrected chi connectivity index (χ0v) is 6.76. The minimum atomic E-state index is 0.624. The van der Waals surface area contributed by atoms with Crippen molar-refractivity contribution in [3.05, 3.63) is 12.5 Å². The minimum absolute atomic E-state index is 0.624. The van der Waals surface area contributed by atoms with E-state index in [1.165, 1.54) is 0 Å². The molecule has 0 saturated carbocycles. The summed E-state index contributed by atoms with van der Waals surface area (Å²) in [6, 6.07) is 0. The zero-order chi connectivity index (χ0) is 5.98. The first-order valence-electron chi connectivity index (χ1n) is 1.84. The molecule has 0 aromatic carbocycles. The normalized spacial score (nSPS) is 9.75. The Morgan fingerprint density at radius 2 is 2.62 bits per heavy atom. The first-order chi connectivity index (χ1) is 3.83. The van der Waals surface area contributed by atoms with E-state index in [0.717, 1.165) is 0 Å². The van der Waals surface area contributed by atoms with Crippen LogP contribution < -0.4 is 0 Å². The maximum absolute atomic E-state index is 8.39. The molecule has 3 nitrogen and oxygen atoms in total. The molecule has 0 saturated heterocycles. The van der Waals surface area contributed by atoms with Crippen LogP contribution in [0.5, 0.6) is 0 Å². The van der Waals surface area contributed by atoms with Crippen LogP contribution in [0.3, 0.4) is 0 Å². The Morgan fingerprint density at radius 3 is 2.88 bits per heavy atom. The molecule has 0 aliphatic heterocycles. The predicted molar refractivity (Wildman–Crippen MR) is 40.1 cm³/mol. The highest BCUT2D eigenvalue weighted by Gasteiger charge is 1.92. The third-order valence-electron chi connectivity index (χ3n) is 0.623. The molecule has 1 N–H and O–H groups in total. The topological polar surface area (TPSA) is 38.0 Å². The van der Waals surface area contributed by atoms with Gasteiger partial charge >= 0.3 is 0 Å². The molecule has 44 valence electrons. The quantitative estimate of drug-likeness (QED) is 0.601. The molecule has 1 aromatic rings. The van der Waals surface area contributed by atoms with Crippen LogP contribution in [0.25, 0.3) is 0 Å². The average Bonchev–Trinajstić information content (AvgIpc) is 2.14. The molecule has 0 fully saturated rings. The van der Waals surface area contributed by atoms with Gasteiger partial charge in [-0.05, 0) is 0 Å². The summed E-state index contributed by atoms with van der Waals surface area (Å²) >= 11 is 2.71. The molecule has 0 spiro atoms. The fraction of sp³-hybridized carbons (Fsp3) is 0. The Bertz CT molecular complexity index is 178. The Labute approximate surface area is 64.8 Å². The van der Waals surface area contributed by atoms with Gasteiger partial charge in [0.2, 0.25) is 0 Å². The van der Waals surface area contributed by atoms with Crippen LogP contribution in [0.1, 0.15) is 0 Å². The lowest BCUT2D eigenvalue weighted by Gasteiger charge is -1.78. The van der Waals surface area contributed by atoms with Gasteiger partial charge in [-0.1, -0.05) is 0 Å². The van der Waals surface area contributed by atoms with Gasteiger partial charge in [0.1, 0.15) is 11.4 Å². The van der Waals surface area contributed by atoms with E-state index >= 15 is 0 Å². The Morgan fingerprint density at radius 1 is 1.88 bits per heavy atom. The second-order valence-electron chi connectivity index (χ2n) is 1.15. The van der Waals surface area contributed by atoms with Crippen molar-refractivity contribution in [2.45, 2.75) is 5.03 Å². The van der Waals surface area contributed by atoms with Crippen LogP contribution in [0.4, 0.5) is 0 Å². The van der Waals surface area contributed by atoms with Crippen LogP contribution >= 0.6 is 34.9 Å². The SMILES string of the molecule is OSc1cn(I)cn1. The largest absolute Gasteiger partial charge is 0.324 e. The van der Waals surface area contributed by atoms with Gasteiger partial charge in [0.25, 0.3) is 0 Å². The molecular weight excluding hydrogens is 239 g/mol. The van der Waals surface area contributed by atoms with Crippen LogP contribution in [-0.4, -0.2) is 12.3 Å². The predicted octanol–water partition coefficient (Wildman–Crippen LogP) is 1.65. The van der Waals surface area contributed by atoms with Gasteiger partial charge in [-0.3, -0.25) is 2.78 Å². The molecule has 0 amide bonds. The second-order valence-corrected chi connectivity index (χ2v) is 2.86. The van der Waals surface area contributed by atoms with Gasteiger partial charge in [-0.15, -0.1) is 0 Å². The number of imidazole rings is 1. The summed E-state index contributed by atoms with van der Waals surface area (Å²) in [6.45, 7) is 0. The lowest BCUT2D eigenvalue weighted by Crippen LogP contribution is -1.63. The van der Waals surface area contributed by atoms with E-state index in [4.69, 9.17) is 4.55 Å². The maximum Gasteiger partial charge on any atom is 0.142 e. The number of aromatic nitrogens is 2. The summed E-state index contributed by atoms with van der Waals surface area (Å²) in [5, 5.41) is 0.624. The van der Waals surface area contributed by atoms with Gasteiger partial charge in [0, 0.05) is 12.0 Å². The Kier molecular flexibility index (Phi) is 2.15. The van der Waals surface area contributed by atoms with Crippen LogP contribution in [0, 0.1) is 0 Å². The summed E-state index contributed by atoms with van der Waals surface area (Å²) in [5.41, 5.74) is 0. The fourth-order valence-corrected chi connectivity index (χ4v) is 1.16. The van der Waals surface area contributed by atoms with Crippen molar-refractivity contribution in [3.8, 4) is 0 Å². The second kappa shape index (κ2) is 2.70. The third-order valence-corrected chi connectivity index (χ3v) is 1.55. The van der Waals surface area contributed by atoms with E-state index in [2.05, 4.69) is 27.8 Å². The van der Waals surface area contributed by atoms with Gasteiger partial charge in [-0.25, -0.2) is 4.98 Å². The molecule has 5 heteroatoms. The van der Waals surface area contributed by atoms with Crippen LogP contribution in [0.15, 0.2) is 17.6 Å². The summed E-state index contributed by atoms with van der Waals surface area (Å²) < 4.78 is 10.1. The fourth-order valence-electron chi connectivity index (χ4n) is 0.331. The van der Waals surface area contributed by atoms with E-state index in [9.17, 15) is 0 Å². The van der Waals surface area contributed by atoms with Crippen molar-refractivity contribution >= 4 is 34.9 Å². The Balaban J connectivity index is 2.84. The molecule has 0 aliphatic carbocycles. The highest BCUT2D eigenvalue weighted by molar-refractivity contribution is 14.1. The lowest BCUT2D eigenvalue weighted by molar-refractivity contribution is 0.661. The number of halogens is 1. The summed E-state index contributed by atoms with van der Waals surface area (Å²) in [7, 11) is 0. The number of hydrogen-bond acceptors (Lipinski definition) is 3. The van der Waals surface area contributed by atoms with Crippen LogP contribution in [0.2, 0.25) is 0 Å². The van der Waals surface area contributed by atoms with Crippen molar-refractivity contribution < 1.29 is 4.55 Å². The van der Waals surface area contributed by atoms with Crippen LogP contribution in [-0.2, 0) is 0 Å². The summed E-state index contributed by atoms with van der Waals surface area (Å²) in [5.74, 6) is 0. The zero-order valence-electron chi connectivity index (χ0n) is 3.78. The first kappa shape index (κ1) is 6.37. The summed E-state index contributed by atoms with van der Waals surface area (Å²) in [4.78, 5) is 3.80. The van der Waals surface area contributed by atoms with E-state index in [1.807, 2.05) is 0 Å². The van der Waals surface area contributed by atoms with Crippen molar-refractivity contribution in [1.82, 2.24) is 7.76 Å². The van der Waals surface area contributed by atoms with Gasteiger partial charge < -0.3 is 4.55 Å². The van der Waals surface area contributed by atoms with E-state index in [-0.39, 0.29) is 0 Å². The molecule has 0 radical (unpaired) electrons. The number of hydrogen-bond donors (Lipinski definition) is 1. The smallest absolute Gasteiger partial charge is 0.142 e. The van der Waals surface area contributed by atoms with Gasteiger partial charge in [0.05, 0.1) is 29.1 Å². The molecule has 0 unspecified atom stereocenters. The highest BCUT2D eigenvalue weighted by Crippen LogP contribution is 2.10. The molecule has 1 rings (SSSR count). The standard InChI is InChI=1S/C3H3IN2OS/c4-6-1-3(8-7)5-2-6/h1-2,7H. The van der Waals surface area contributed by atoms with Gasteiger partial charge in [0.15, 0.2) is 0 Å². The number of nitrogens with zero attached hydrogens (tertiary/aromatic N) is 2. The molecule has 0 atom stereocenters. The minimum Gasteiger partial charge on any atom is -0.324 e. The lowest BCUT2D eigenvalue weighted by atomic mass is 11.0. The highest BCUT2D eigenvalue weighted by atomic mass is 127. The van der Waals surface area contributed by atoms with Crippen molar-refractivity contribution in [1.29, 1.82) is 0 Å². The van der Waals surface area contributed by atoms with E-state index in [0.29, 0.717) is 17.1 Å². The average molecular weight is 242 g/mol. The molecular formula is C3H3IN2OS. The third kappa shape index (κ3) is 1.36. The molecule has 8 heavy (non-hydrogen) atoms. The van der Waals surface area contributed by atoms with Crippen molar-refractivity contribution in [2.75, 3.05) is 0 Å². The molecule has 1 aromatic heterocycles. The van der Waals surface area contributed by atoms with E-state index in [1.54, 1.807) is 15.3 Å². The van der Waals surface area contributed by atoms with Gasteiger partial charge in [-0.2, -0.15) is 0 Å².